The number of ether oxygens (including phenoxy) is 2. The average molecular weight is 486 g/mol. The summed E-state index contributed by atoms with van der Waals surface area (Å²) in [6.07, 6.45) is 12.1. The first-order chi connectivity index (χ1) is 16.8. The van der Waals surface area contributed by atoms with Crippen LogP contribution in [-0.2, 0) is 20.7 Å². The third-order valence-electron chi connectivity index (χ3n) is 6.96. The highest BCUT2D eigenvalue weighted by atomic mass is 16.5. The maximum Gasteiger partial charge on any atom is 0.329 e. The van der Waals surface area contributed by atoms with E-state index in [0.717, 1.165) is 69.1 Å². The standard InChI is InChI=1S/C30H47NO4/c1-6-7-8-12-27-17-14-24(4)11-9-10-13-29(32)31(5)28(30(33)35-27)22-25-15-18-26(19-16-25)34-21-20-23(2)3/h15-16,18-20,24,27-28H,6-14,17,21-22H2,1-5H3. The Kier molecular flexibility index (Phi) is 12.9. The number of amides is 1. The number of esters is 1. The summed E-state index contributed by atoms with van der Waals surface area (Å²) in [5.41, 5.74) is 2.20. The van der Waals surface area contributed by atoms with Crippen molar-refractivity contribution in [2.24, 2.45) is 5.92 Å². The first-order valence-electron chi connectivity index (χ1n) is 13.6. The number of hydrogen-bond donors (Lipinski definition) is 0. The SMILES string of the molecule is CCCCCC1CCC(C)CCCCC(=O)N(C)C(Cc2ccc(OCC=C(C)C)cc2)C(=O)O1. The zero-order valence-electron chi connectivity index (χ0n) is 22.7. The molecule has 5 heteroatoms. The molecular weight excluding hydrogens is 438 g/mol. The summed E-state index contributed by atoms with van der Waals surface area (Å²) in [4.78, 5) is 28.0. The monoisotopic (exact) mass is 485 g/mol. The van der Waals surface area contributed by atoms with E-state index in [9.17, 15) is 9.59 Å². The smallest absolute Gasteiger partial charge is 0.329 e. The lowest BCUT2D eigenvalue weighted by atomic mass is 9.95. The Morgan fingerprint density at radius 1 is 1.09 bits per heavy atom. The second-order valence-electron chi connectivity index (χ2n) is 10.4. The normalized spacial score (nSPS) is 22.4. The van der Waals surface area contributed by atoms with Gasteiger partial charge in [0.2, 0.25) is 5.91 Å². The zero-order chi connectivity index (χ0) is 25.6. The van der Waals surface area contributed by atoms with Crippen LogP contribution in [0.15, 0.2) is 35.9 Å². The Balaban J connectivity index is 2.16. The third-order valence-corrected chi connectivity index (χ3v) is 6.96. The number of cyclic esters (lactones) is 1. The molecule has 1 aliphatic rings. The van der Waals surface area contributed by atoms with Gasteiger partial charge in [0.1, 0.15) is 24.5 Å². The molecule has 3 atom stereocenters. The van der Waals surface area contributed by atoms with Crippen LogP contribution >= 0.6 is 0 Å². The number of allylic oxidation sites excluding steroid dienone is 1. The quantitative estimate of drug-likeness (QED) is 0.217. The number of rotatable bonds is 9. The van der Waals surface area contributed by atoms with E-state index < -0.39 is 6.04 Å². The molecule has 1 heterocycles. The van der Waals surface area contributed by atoms with Crippen molar-refractivity contribution in [3.8, 4) is 5.75 Å². The van der Waals surface area contributed by atoms with Crippen LogP contribution in [-0.4, -0.2) is 42.6 Å². The molecule has 1 aromatic carbocycles. The number of carbonyl (C=O) groups is 2. The van der Waals surface area contributed by atoms with Crippen molar-refractivity contribution in [2.45, 2.75) is 110 Å². The molecule has 196 valence electrons. The highest BCUT2D eigenvalue weighted by Crippen LogP contribution is 2.23. The van der Waals surface area contributed by atoms with E-state index in [4.69, 9.17) is 9.47 Å². The minimum atomic E-state index is -0.619. The Bertz CT molecular complexity index is 797. The molecule has 0 aliphatic carbocycles. The van der Waals surface area contributed by atoms with Crippen LogP contribution in [0, 0.1) is 5.92 Å². The molecule has 2 rings (SSSR count). The number of carbonyl (C=O) groups excluding carboxylic acids is 2. The highest BCUT2D eigenvalue weighted by Gasteiger charge is 2.30. The number of likely N-dealkylation sites (N-methyl/N-ethyl adjacent to an activating group) is 1. The minimum absolute atomic E-state index is 0.0167. The lowest BCUT2D eigenvalue weighted by molar-refractivity contribution is -0.159. The van der Waals surface area contributed by atoms with Gasteiger partial charge in [0.15, 0.2) is 0 Å². The zero-order valence-corrected chi connectivity index (χ0v) is 22.7. The topological polar surface area (TPSA) is 55.8 Å². The van der Waals surface area contributed by atoms with Crippen LogP contribution in [0.4, 0.5) is 0 Å². The Morgan fingerprint density at radius 2 is 1.83 bits per heavy atom. The van der Waals surface area contributed by atoms with Gasteiger partial charge in [-0.25, -0.2) is 4.79 Å². The Labute approximate surface area is 213 Å². The minimum Gasteiger partial charge on any atom is -0.490 e. The lowest BCUT2D eigenvalue weighted by Gasteiger charge is -2.29. The van der Waals surface area contributed by atoms with Gasteiger partial charge in [-0.3, -0.25) is 4.79 Å². The van der Waals surface area contributed by atoms with E-state index in [-0.39, 0.29) is 18.0 Å². The van der Waals surface area contributed by atoms with Gasteiger partial charge < -0.3 is 14.4 Å². The van der Waals surface area contributed by atoms with Crippen molar-refractivity contribution < 1.29 is 19.1 Å². The molecule has 1 fully saturated rings. The number of benzene rings is 1. The van der Waals surface area contributed by atoms with Gasteiger partial charge in [-0.1, -0.05) is 57.2 Å². The van der Waals surface area contributed by atoms with Gasteiger partial charge in [0, 0.05) is 19.9 Å². The molecule has 0 aromatic heterocycles. The summed E-state index contributed by atoms with van der Waals surface area (Å²) >= 11 is 0. The summed E-state index contributed by atoms with van der Waals surface area (Å²) in [6, 6.07) is 7.19. The number of nitrogens with zero attached hydrogens (tertiary/aromatic N) is 1. The van der Waals surface area contributed by atoms with Crippen molar-refractivity contribution in [1.29, 1.82) is 0 Å². The van der Waals surface area contributed by atoms with Gasteiger partial charge in [0.05, 0.1) is 0 Å². The highest BCUT2D eigenvalue weighted by molar-refractivity contribution is 5.84. The van der Waals surface area contributed by atoms with E-state index >= 15 is 0 Å². The van der Waals surface area contributed by atoms with Crippen LogP contribution in [0.2, 0.25) is 0 Å². The summed E-state index contributed by atoms with van der Waals surface area (Å²) < 4.78 is 11.9. The Morgan fingerprint density at radius 3 is 2.51 bits per heavy atom. The van der Waals surface area contributed by atoms with Gasteiger partial charge in [0.25, 0.3) is 0 Å². The van der Waals surface area contributed by atoms with Crippen LogP contribution in [0.5, 0.6) is 5.75 Å². The summed E-state index contributed by atoms with van der Waals surface area (Å²) in [6.45, 7) is 9.08. The summed E-state index contributed by atoms with van der Waals surface area (Å²) in [5.74, 6) is 1.11. The van der Waals surface area contributed by atoms with Crippen molar-refractivity contribution in [2.75, 3.05) is 13.7 Å². The molecule has 0 spiro atoms. The van der Waals surface area contributed by atoms with Crippen LogP contribution in [0.25, 0.3) is 0 Å². The van der Waals surface area contributed by atoms with E-state index in [2.05, 4.69) is 13.8 Å². The fourth-order valence-electron chi connectivity index (χ4n) is 4.49. The first-order valence-corrected chi connectivity index (χ1v) is 13.6. The molecule has 0 radical (unpaired) electrons. The van der Waals surface area contributed by atoms with E-state index in [1.165, 1.54) is 5.57 Å². The molecule has 1 saturated heterocycles. The third kappa shape index (κ3) is 10.9. The van der Waals surface area contributed by atoms with E-state index in [1.807, 2.05) is 44.2 Å². The second-order valence-corrected chi connectivity index (χ2v) is 10.4. The molecule has 3 unspecified atom stereocenters. The molecule has 1 amide bonds. The summed E-state index contributed by atoms with van der Waals surface area (Å²) in [7, 11) is 1.75. The van der Waals surface area contributed by atoms with Crippen molar-refractivity contribution in [3.05, 3.63) is 41.5 Å². The van der Waals surface area contributed by atoms with Gasteiger partial charge in [-0.2, -0.15) is 0 Å². The van der Waals surface area contributed by atoms with Crippen LogP contribution < -0.4 is 4.74 Å². The molecule has 0 bridgehead atoms. The fraction of sp³-hybridized carbons (Fsp3) is 0.667. The van der Waals surface area contributed by atoms with Crippen molar-refractivity contribution in [3.63, 3.8) is 0 Å². The van der Waals surface area contributed by atoms with Crippen molar-refractivity contribution >= 4 is 11.9 Å². The maximum absolute atomic E-state index is 13.4. The molecular formula is C30H47NO4. The fourth-order valence-corrected chi connectivity index (χ4v) is 4.49. The van der Waals surface area contributed by atoms with E-state index in [1.54, 1.807) is 11.9 Å². The molecule has 5 nitrogen and oxygen atoms in total. The predicted molar refractivity (Wildman–Crippen MR) is 143 cm³/mol. The second kappa shape index (κ2) is 15.6. The van der Waals surface area contributed by atoms with Crippen LogP contribution in [0.3, 0.4) is 0 Å². The molecule has 35 heavy (non-hydrogen) atoms. The van der Waals surface area contributed by atoms with Crippen molar-refractivity contribution in [1.82, 2.24) is 4.90 Å². The molecule has 0 N–H and O–H groups in total. The molecule has 0 saturated carbocycles. The number of unbranched alkanes of at least 4 members (excludes halogenated alkanes) is 2. The average Bonchev–Trinajstić information content (AvgIpc) is 2.83. The van der Waals surface area contributed by atoms with Gasteiger partial charge in [-0.15, -0.1) is 0 Å². The maximum atomic E-state index is 13.4. The number of hydrogen-bond acceptors (Lipinski definition) is 4. The van der Waals surface area contributed by atoms with Gasteiger partial charge >= 0.3 is 5.97 Å². The van der Waals surface area contributed by atoms with Crippen LogP contribution in [0.1, 0.15) is 97.5 Å². The first kappa shape index (κ1) is 28.9. The van der Waals surface area contributed by atoms with Gasteiger partial charge in [-0.05, 0) is 75.6 Å². The lowest BCUT2D eigenvalue weighted by Crippen LogP contribution is -2.45. The molecule has 1 aliphatic heterocycles. The van der Waals surface area contributed by atoms with E-state index in [0.29, 0.717) is 25.4 Å². The largest absolute Gasteiger partial charge is 0.490 e. The summed E-state index contributed by atoms with van der Waals surface area (Å²) in [5, 5.41) is 0. The Hall–Kier alpha value is -2.30. The molecule has 1 aromatic rings. The predicted octanol–water partition coefficient (Wildman–Crippen LogP) is 6.88.